The Hall–Kier alpha value is -1.81. The smallest absolute Gasteiger partial charge is 0.243 e. The lowest BCUT2D eigenvalue weighted by atomic mass is 10.1. The van der Waals surface area contributed by atoms with E-state index in [1.807, 2.05) is 0 Å². The molecule has 2 aromatic rings. The van der Waals surface area contributed by atoms with Crippen LogP contribution in [0.1, 0.15) is 12.0 Å². The lowest BCUT2D eigenvalue weighted by molar-refractivity contribution is 0.289. The number of nitrogen functional groups attached to an aromatic ring is 1. The van der Waals surface area contributed by atoms with Gasteiger partial charge < -0.3 is 10.8 Å². The Bertz CT molecular complexity index is 861. The number of aliphatic hydroxyl groups excluding tert-OH is 1. The molecule has 0 saturated heterocycles. The Morgan fingerprint density at radius 3 is 2.75 bits per heavy atom. The van der Waals surface area contributed by atoms with Crippen LogP contribution in [0.2, 0.25) is 5.15 Å². The average Bonchev–Trinajstić information content (AvgIpc) is 2.50. The van der Waals surface area contributed by atoms with E-state index in [1.54, 1.807) is 6.92 Å². The van der Waals surface area contributed by atoms with E-state index in [2.05, 4.69) is 14.7 Å². The molecule has 130 valence electrons. The maximum atomic E-state index is 14.1. The van der Waals surface area contributed by atoms with E-state index in [9.17, 15) is 12.8 Å². The third kappa shape index (κ3) is 3.99. The molecule has 4 N–H and O–H groups in total. The third-order valence-corrected chi connectivity index (χ3v) is 4.98. The van der Waals surface area contributed by atoms with Crippen LogP contribution < -0.4 is 10.5 Å². The molecule has 7 nitrogen and oxygen atoms in total. The molecule has 1 aromatic heterocycles. The van der Waals surface area contributed by atoms with Crippen LogP contribution in [0.5, 0.6) is 0 Å². The molecule has 0 unspecified atom stereocenters. The zero-order valence-corrected chi connectivity index (χ0v) is 14.3. The van der Waals surface area contributed by atoms with Gasteiger partial charge in [0.25, 0.3) is 0 Å². The minimum atomic E-state index is -4.07. The Kier molecular flexibility index (Phi) is 5.70. The second-order valence-electron chi connectivity index (χ2n) is 5.00. The average molecular weight is 375 g/mol. The number of hydrogen-bond donors (Lipinski definition) is 3. The highest BCUT2D eigenvalue weighted by Crippen LogP contribution is 2.28. The zero-order chi connectivity index (χ0) is 17.9. The van der Waals surface area contributed by atoms with Gasteiger partial charge in [0, 0.05) is 18.7 Å². The molecule has 0 atom stereocenters. The van der Waals surface area contributed by atoms with Gasteiger partial charge in [-0.25, -0.2) is 27.5 Å². The SMILES string of the molecule is Cc1cc(F)c(S(=O)(=O)NCCCO)cc1-c1cnc(N)c(Cl)n1. The van der Waals surface area contributed by atoms with Crippen LogP contribution in [0.3, 0.4) is 0 Å². The maximum Gasteiger partial charge on any atom is 0.243 e. The minimum absolute atomic E-state index is 0.00497. The first-order chi connectivity index (χ1) is 11.3. The number of hydrogen-bond acceptors (Lipinski definition) is 6. The number of aryl methyl sites for hydroxylation is 1. The van der Waals surface area contributed by atoms with Gasteiger partial charge in [-0.2, -0.15) is 0 Å². The second-order valence-corrected chi connectivity index (χ2v) is 7.10. The molecule has 0 saturated carbocycles. The summed E-state index contributed by atoms with van der Waals surface area (Å²) in [7, 11) is -4.07. The number of aromatic nitrogens is 2. The molecule has 0 aliphatic carbocycles. The Balaban J connectivity index is 2.50. The molecule has 0 aliphatic heterocycles. The summed E-state index contributed by atoms with van der Waals surface area (Å²) in [5.41, 5.74) is 6.62. The van der Waals surface area contributed by atoms with Gasteiger partial charge >= 0.3 is 0 Å². The molecule has 0 aliphatic rings. The fraction of sp³-hybridized carbons (Fsp3) is 0.286. The van der Waals surface area contributed by atoms with Crippen molar-refractivity contribution < 1.29 is 17.9 Å². The van der Waals surface area contributed by atoms with Crippen molar-refractivity contribution in [2.24, 2.45) is 0 Å². The van der Waals surface area contributed by atoms with Crippen molar-refractivity contribution >= 4 is 27.4 Å². The lowest BCUT2D eigenvalue weighted by Gasteiger charge is -2.12. The van der Waals surface area contributed by atoms with Gasteiger partial charge in [-0.3, -0.25) is 0 Å². The van der Waals surface area contributed by atoms with Gasteiger partial charge in [0.05, 0.1) is 11.9 Å². The summed E-state index contributed by atoms with van der Waals surface area (Å²) in [5.74, 6) is -0.846. The molecule has 24 heavy (non-hydrogen) atoms. The Morgan fingerprint density at radius 2 is 2.12 bits per heavy atom. The van der Waals surface area contributed by atoms with E-state index < -0.39 is 20.7 Å². The first-order valence-corrected chi connectivity index (χ1v) is 8.81. The molecule has 1 heterocycles. The van der Waals surface area contributed by atoms with E-state index in [0.717, 1.165) is 6.07 Å². The van der Waals surface area contributed by atoms with Crippen LogP contribution >= 0.6 is 11.6 Å². The summed E-state index contributed by atoms with van der Waals surface area (Å²) in [6.45, 7) is 1.43. The summed E-state index contributed by atoms with van der Waals surface area (Å²) in [6, 6.07) is 2.27. The van der Waals surface area contributed by atoms with Gasteiger partial charge in [-0.15, -0.1) is 0 Å². The number of rotatable bonds is 6. The summed E-state index contributed by atoms with van der Waals surface area (Å²) in [5, 5.41) is 8.69. The summed E-state index contributed by atoms with van der Waals surface area (Å²) >= 11 is 5.83. The molecule has 0 spiro atoms. The van der Waals surface area contributed by atoms with E-state index in [1.165, 1.54) is 12.3 Å². The predicted octanol–water partition coefficient (Wildman–Crippen LogP) is 1.49. The number of halogens is 2. The molecule has 0 radical (unpaired) electrons. The van der Waals surface area contributed by atoms with Gasteiger partial charge in [0.2, 0.25) is 10.0 Å². The van der Waals surface area contributed by atoms with Crippen LogP contribution in [0.25, 0.3) is 11.3 Å². The van der Waals surface area contributed by atoms with Gasteiger partial charge in [0.15, 0.2) is 11.0 Å². The van der Waals surface area contributed by atoms with Crippen LogP contribution in [0.4, 0.5) is 10.2 Å². The standard InChI is InChI=1S/C14H16ClFN4O3S/c1-8-5-10(16)12(24(22,23)19-3-2-4-21)6-9(8)11-7-18-14(17)13(15)20-11/h5-7,19,21H,2-4H2,1H3,(H2,17,18). The van der Waals surface area contributed by atoms with E-state index in [0.29, 0.717) is 11.1 Å². The van der Waals surface area contributed by atoms with Crippen molar-refractivity contribution in [3.05, 3.63) is 34.9 Å². The number of sulfonamides is 1. The van der Waals surface area contributed by atoms with Crippen molar-refractivity contribution in [2.75, 3.05) is 18.9 Å². The molecule has 0 fully saturated rings. The highest BCUT2D eigenvalue weighted by atomic mass is 35.5. The van der Waals surface area contributed by atoms with Crippen molar-refractivity contribution in [2.45, 2.75) is 18.2 Å². The highest BCUT2D eigenvalue weighted by Gasteiger charge is 2.21. The minimum Gasteiger partial charge on any atom is -0.396 e. The monoisotopic (exact) mass is 374 g/mol. The molecule has 0 amide bonds. The lowest BCUT2D eigenvalue weighted by Crippen LogP contribution is -2.26. The van der Waals surface area contributed by atoms with Crippen LogP contribution in [-0.4, -0.2) is 36.6 Å². The van der Waals surface area contributed by atoms with E-state index >= 15 is 0 Å². The fourth-order valence-corrected chi connectivity index (χ4v) is 3.30. The largest absolute Gasteiger partial charge is 0.396 e. The Morgan fingerprint density at radius 1 is 1.42 bits per heavy atom. The fourth-order valence-electron chi connectivity index (χ4n) is 2.00. The molecular weight excluding hydrogens is 359 g/mol. The van der Waals surface area contributed by atoms with Gasteiger partial charge in [-0.1, -0.05) is 11.6 Å². The number of anilines is 1. The zero-order valence-electron chi connectivity index (χ0n) is 12.8. The van der Waals surface area contributed by atoms with Crippen LogP contribution in [-0.2, 0) is 10.0 Å². The molecular formula is C14H16ClFN4O3S. The van der Waals surface area contributed by atoms with Crippen molar-refractivity contribution in [3.8, 4) is 11.3 Å². The second kappa shape index (κ2) is 7.39. The van der Waals surface area contributed by atoms with Gasteiger partial charge in [-0.05, 0) is 31.0 Å². The van der Waals surface area contributed by atoms with Gasteiger partial charge in [0.1, 0.15) is 10.7 Å². The number of nitrogens with one attached hydrogen (secondary N) is 1. The maximum absolute atomic E-state index is 14.1. The number of aliphatic hydroxyl groups is 1. The summed E-state index contributed by atoms with van der Waals surface area (Å²) in [4.78, 5) is 7.39. The third-order valence-electron chi connectivity index (χ3n) is 3.23. The van der Waals surface area contributed by atoms with Crippen LogP contribution in [0, 0.1) is 12.7 Å². The van der Waals surface area contributed by atoms with E-state index in [-0.39, 0.29) is 36.2 Å². The number of nitrogens with zero attached hydrogens (tertiary/aromatic N) is 2. The topological polar surface area (TPSA) is 118 Å². The first kappa shape index (κ1) is 18.5. The van der Waals surface area contributed by atoms with Crippen molar-refractivity contribution in [1.29, 1.82) is 0 Å². The van der Waals surface area contributed by atoms with Crippen molar-refractivity contribution in [3.63, 3.8) is 0 Å². The Labute approximate surface area is 143 Å². The van der Waals surface area contributed by atoms with E-state index in [4.69, 9.17) is 22.4 Å². The quantitative estimate of drug-likeness (QED) is 0.659. The molecule has 0 bridgehead atoms. The predicted molar refractivity (Wildman–Crippen MR) is 88.5 cm³/mol. The van der Waals surface area contributed by atoms with Crippen LogP contribution in [0.15, 0.2) is 23.2 Å². The number of benzene rings is 1. The first-order valence-electron chi connectivity index (χ1n) is 6.95. The highest BCUT2D eigenvalue weighted by molar-refractivity contribution is 7.89. The molecule has 10 heteroatoms. The summed E-state index contributed by atoms with van der Waals surface area (Å²) < 4.78 is 40.8. The number of nitrogens with two attached hydrogens (primary N) is 1. The molecule has 2 rings (SSSR count). The normalized spacial score (nSPS) is 11.7. The van der Waals surface area contributed by atoms with Crippen molar-refractivity contribution in [1.82, 2.24) is 14.7 Å². The summed E-state index contributed by atoms with van der Waals surface area (Å²) in [6.07, 6.45) is 1.55. The molecule has 1 aromatic carbocycles.